The molecule has 0 radical (unpaired) electrons. The molecule has 4 nitrogen and oxygen atoms in total. The third-order valence-electron chi connectivity index (χ3n) is 3.90. The van der Waals surface area contributed by atoms with E-state index in [1.165, 1.54) is 11.1 Å². The van der Waals surface area contributed by atoms with E-state index in [4.69, 9.17) is 4.74 Å². The number of hydrogen-bond donors (Lipinski definition) is 1. The molecule has 4 heteroatoms. The van der Waals surface area contributed by atoms with Crippen molar-refractivity contribution in [2.24, 2.45) is 0 Å². The summed E-state index contributed by atoms with van der Waals surface area (Å²) in [5.74, 6) is 0.927. The number of imidazole rings is 1. The molecule has 2 atom stereocenters. The minimum absolute atomic E-state index is 0.248. The number of ether oxygens (including phenoxy) is 1. The number of anilines is 1. The molecular formula is C16H21N3O. The summed E-state index contributed by atoms with van der Waals surface area (Å²) in [5, 5.41) is 3.43. The maximum atomic E-state index is 5.17. The molecule has 0 saturated carbocycles. The molecule has 3 rings (SSSR count). The van der Waals surface area contributed by atoms with Gasteiger partial charge in [-0.05, 0) is 30.9 Å². The predicted octanol–water partition coefficient (Wildman–Crippen LogP) is 2.87. The van der Waals surface area contributed by atoms with Gasteiger partial charge < -0.3 is 14.6 Å². The summed E-state index contributed by atoms with van der Waals surface area (Å²) in [5.41, 5.74) is 2.88. The van der Waals surface area contributed by atoms with Gasteiger partial charge >= 0.3 is 0 Å². The summed E-state index contributed by atoms with van der Waals surface area (Å²) in [7, 11) is 1.72. The number of aryl methyl sites for hydroxylation is 1. The van der Waals surface area contributed by atoms with E-state index in [1.807, 2.05) is 6.20 Å². The second-order valence-corrected chi connectivity index (χ2v) is 5.41. The molecule has 0 spiro atoms. The number of methoxy groups -OCH3 is 1. The summed E-state index contributed by atoms with van der Waals surface area (Å²) in [6, 6.07) is 9.34. The van der Waals surface area contributed by atoms with Crippen LogP contribution in [-0.4, -0.2) is 29.3 Å². The highest BCUT2D eigenvalue weighted by Crippen LogP contribution is 2.35. The predicted molar refractivity (Wildman–Crippen MR) is 80.1 cm³/mol. The van der Waals surface area contributed by atoms with Crippen molar-refractivity contribution in [3.05, 3.63) is 47.8 Å². The van der Waals surface area contributed by atoms with E-state index in [2.05, 4.69) is 52.3 Å². The van der Waals surface area contributed by atoms with Crippen LogP contribution in [0.25, 0.3) is 0 Å². The lowest BCUT2D eigenvalue weighted by Crippen LogP contribution is -2.24. The van der Waals surface area contributed by atoms with Gasteiger partial charge in [0.1, 0.15) is 0 Å². The Balaban J connectivity index is 1.84. The standard InChI is InChI=1S/C16H21N3O/c1-12(11-20-2)18-16-17-9-10-19(16)15-8-7-13-5-3-4-6-14(13)15/h3-6,9-10,12,15H,7-8,11H2,1-2H3,(H,17,18). The van der Waals surface area contributed by atoms with E-state index >= 15 is 0 Å². The molecule has 1 N–H and O–H groups in total. The number of fused-ring (bicyclic) bond motifs is 1. The molecule has 0 bridgehead atoms. The van der Waals surface area contributed by atoms with Gasteiger partial charge in [-0.1, -0.05) is 24.3 Å². The zero-order chi connectivity index (χ0) is 13.9. The average Bonchev–Trinajstić information content (AvgIpc) is 3.05. The summed E-state index contributed by atoms with van der Waals surface area (Å²) in [6.45, 7) is 2.78. The summed E-state index contributed by atoms with van der Waals surface area (Å²) >= 11 is 0. The van der Waals surface area contributed by atoms with Crippen molar-refractivity contribution in [3.8, 4) is 0 Å². The maximum Gasteiger partial charge on any atom is 0.203 e. The molecule has 2 unspecified atom stereocenters. The van der Waals surface area contributed by atoms with E-state index in [0.717, 1.165) is 18.8 Å². The molecule has 1 aromatic carbocycles. The number of nitrogens with zero attached hydrogens (tertiary/aromatic N) is 2. The molecule has 0 fully saturated rings. The van der Waals surface area contributed by atoms with Gasteiger partial charge in [-0.15, -0.1) is 0 Å². The molecule has 20 heavy (non-hydrogen) atoms. The van der Waals surface area contributed by atoms with Gasteiger partial charge in [0.2, 0.25) is 5.95 Å². The fourth-order valence-corrected chi connectivity index (χ4v) is 3.01. The Morgan fingerprint density at radius 3 is 3.15 bits per heavy atom. The quantitative estimate of drug-likeness (QED) is 0.909. The second-order valence-electron chi connectivity index (χ2n) is 5.41. The Hall–Kier alpha value is -1.81. The highest BCUT2D eigenvalue weighted by molar-refractivity contribution is 5.38. The van der Waals surface area contributed by atoms with Crippen LogP contribution < -0.4 is 5.32 Å². The third kappa shape index (κ3) is 2.43. The summed E-state index contributed by atoms with van der Waals surface area (Å²) in [4.78, 5) is 4.45. The first-order chi connectivity index (χ1) is 9.79. The van der Waals surface area contributed by atoms with Gasteiger partial charge in [0.25, 0.3) is 0 Å². The molecule has 0 amide bonds. The molecule has 106 valence electrons. The fraction of sp³-hybridized carbons (Fsp3) is 0.438. The van der Waals surface area contributed by atoms with E-state index in [-0.39, 0.29) is 6.04 Å². The monoisotopic (exact) mass is 271 g/mol. The maximum absolute atomic E-state index is 5.17. The Bertz CT molecular complexity index is 579. The normalized spacial score (nSPS) is 18.8. The Morgan fingerprint density at radius 1 is 1.45 bits per heavy atom. The molecule has 1 aliphatic rings. The van der Waals surface area contributed by atoms with Gasteiger partial charge in [-0.3, -0.25) is 0 Å². The number of aromatic nitrogens is 2. The van der Waals surface area contributed by atoms with Gasteiger partial charge in [-0.25, -0.2) is 4.98 Å². The minimum Gasteiger partial charge on any atom is -0.383 e. The topological polar surface area (TPSA) is 39.1 Å². The average molecular weight is 271 g/mol. The molecule has 0 aliphatic heterocycles. The Labute approximate surface area is 119 Å². The first-order valence-corrected chi connectivity index (χ1v) is 7.15. The largest absolute Gasteiger partial charge is 0.383 e. The molecular weight excluding hydrogens is 250 g/mol. The van der Waals surface area contributed by atoms with Crippen molar-refractivity contribution >= 4 is 5.95 Å². The van der Waals surface area contributed by atoms with Crippen LogP contribution in [0.1, 0.15) is 30.5 Å². The highest BCUT2D eigenvalue weighted by atomic mass is 16.5. The molecule has 1 aliphatic carbocycles. The Morgan fingerprint density at radius 2 is 2.30 bits per heavy atom. The lowest BCUT2D eigenvalue weighted by atomic mass is 10.1. The van der Waals surface area contributed by atoms with Crippen molar-refractivity contribution in [2.75, 3.05) is 19.0 Å². The van der Waals surface area contributed by atoms with Gasteiger partial charge in [0.15, 0.2) is 0 Å². The van der Waals surface area contributed by atoms with Crippen molar-refractivity contribution in [1.82, 2.24) is 9.55 Å². The van der Waals surface area contributed by atoms with E-state index in [9.17, 15) is 0 Å². The van der Waals surface area contributed by atoms with E-state index < -0.39 is 0 Å². The second kappa shape index (κ2) is 5.67. The van der Waals surface area contributed by atoms with Crippen LogP contribution in [0, 0.1) is 0 Å². The summed E-state index contributed by atoms with van der Waals surface area (Å²) < 4.78 is 7.42. The van der Waals surface area contributed by atoms with Crippen molar-refractivity contribution < 1.29 is 4.74 Å². The van der Waals surface area contributed by atoms with Crippen LogP contribution in [0.15, 0.2) is 36.7 Å². The third-order valence-corrected chi connectivity index (χ3v) is 3.90. The first-order valence-electron chi connectivity index (χ1n) is 7.15. The molecule has 0 saturated heterocycles. The molecule has 1 heterocycles. The minimum atomic E-state index is 0.248. The van der Waals surface area contributed by atoms with Crippen LogP contribution in [0.2, 0.25) is 0 Å². The number of hydrogen-bond acceptors (Lipinski definition) is 3. The van der Waals surface area contributed by atoms with Crippen LogP contribution in [0.5, 0.6) is 0 Å². The van der Waals surface area contributed by atoms with Crippen LogP contribution in [0.4, 0.5) is 5.95 Å². The molecule has 2 aromatic rings. The number of nitrogens with one attached hydrogen (secondary N) is 1. The fourth-order valence-electron chi connectivity index (χ4n) is 3.01. The zero-order valence-corrected chi connectivity index (χ0v) is 12.0. The van der Waals surface area contributed by atoms with Crippen LogP contribution in [0.3, 0.4) is 0 Å². The summed E-state index contributed by atoms with van der Waals surface area (Å²) in [6.07, 6.45) is 6.21. The SMILES string of the molecule is COCC(C)Nc1nccn1C1CCc2ccccc21. The van der Waals surface area contributed by atoms with Gasteiger partial charge in [0, 0.05) is 25.5 Å². The van der Waals surface area contributed by atoms with E-state index in [0.29, 0.717) is 12.6 Å². The smallest absolute Gasteiger partial charge is 0.203 e. The van der Waals surface area contributed by atoms with Crippen molar-refractivity contribution in [2.45, 2.75) is 31.8 Å². The van der Waals surface area contributed by atoms with E-state index in [1.54, 1.807) is 7.11 Å². The van der Waals surface area contributed by atoms with Gasteiger partial charge in [-0.2, -0.15) is 0 Å². The van der Waals surface area contributed by atoms with Gasteiger partial charge in [0.05, 0.1) is 12.6 Å². The lowest BCUT2D eigenvalue weighted by molar-refractivity contribution is 0.190. The van der Waals surface area contributed by atoms with Crippen LogP contribution >= 0.6 is 0 Å². The lowest BCUT2D eigenvalue weighted by Gasteiger charge is -2.20. The van der Waals surface area contributed by atoms with Crippen molar-refractivity contribution in [1.29, 1.82) is 0 Å². The highest BCUT2D eigenvalue weighted by Gasteiger charge is 2.25. The van der Waals surface area contributed by atoms with Crippen LogP contribution in [-0.2, 0) is 11.2 Å². The van der Waals surface area contributed by atoms with Crippen molar-refractivity contribution in [3.63, 3.8) is 0 Å². The number of benzene rings is 1. The molecule has 1 aromatic heterocycles. The first kappa shape index (κ1) is 13.2. The Kier molecular flexibility index (Phi) is 3.74. The zero-order valence-electron chi connectivity index (χ0n) is 12.0. The number of rotatable bonds is 5.